The van der Waals surface area contributed by atoms with E-state index in [1.165, 1.54) is 0 Å². The van der Waals surface area contributed by atoms with Crippen molar-refractivity contribution in [3.63, 3.8) is 0 Å². The van der Waals surface area contributed by atoms with Gasteiger partial charge in [-0.3, -0.25) is 0 Å². The molecule has 0 amide bonds. The quantitative estimate of drug-likeness (QED) is 0.896. The number of methoxy groups -OCH3 is 1. The van der Waals surface area contributed by atoms with Crippen molar-refractivity contribution >= 4 is 11.4 Å². The number of benzene rings is 2. The van der Waals surface area contributed by atoms with Crippen molar-refractivity contribution in [2.24, 2.45) is 5.73 Å². The summed E-state index contributed by atoms with van der Waals surface area (Å²) < 4.78 is 5.15. The number of anilines is 2. The minimum absolute atomic E-state index is 0.576. The summed E-state index contributed by atoms with van der Waals surface area (Å²) >= 11 is 0. The Bertz CT molecular complexity index is 443. The van der Waals surface area contributed by atoms with E-state index in [4.69, 9.17) is 10.5 Å². The molecule has 0 aliphatic heterocycles. The van der Waals surface area contributed by atoms with Gasteiger partial charge >= 0.3 is 0 Å². The summed E-state index contributed by atoms with van der Waals surface area (Å²) in [7, 11) is 3.71. The lowest BCUT2D eigenvalue weighted by Gasteiger charge is -2.20. The minimum Gasteiger partial charge on any atom is -0.497 e. The van der Waals surface area contributed by atoms with Crippen LogP contribution in [0.2, 0.25) is 0 Å². The standard InChI is InChI=1S/C15H18N2O/c1-17(13-5-3-12(11-16)4-6-13)14-7-9-15(18-2)10-8-14/h3-10H,11,16H2,1-2H3. The molecule has 0 aliphatic carbocycles. The van der Waals surface area contributed by atoms with E-state index < -0.39 is 0 Å². The molecule has 2 N–H and O–H groups in total. The van der Waals surface area contributed by atoms with Gasteiger partial charge in [0.15, 0.2) is 0 Å². The number of hydrogen-bond acceptors (Lipinski definition) is 3. The van der Waals surface area contributed by atoms with Gasteiger partial charge in [0.05, 0.1) is 7.11 Å². The smallest absolute Gasteiger partial charge is 0.119 e. The Hall–Kier alpha value is -2.00. The summed E-state index contributed by atoms with van der Waals surface area (Å²) in [5.74, 6) is 0.866. The second kappa shape index (κ2) is 5.56. The number of nitrogens with zero attached hydrogens (tertiary/aromatic N) is 1. The second-order valence-electron chi connectivity index (χ2n) is 4.13. The largest absolute Gasteiger partial charge is 0.497 e. The van der Waals surface area contributed by atoms with Gasteiger partial charge in [0.1, 0.15) is 5.75 Å². The van der Waals surface area contributed by atoms with Gasteiger partial charge in [-0.25, -0.2) is 0 Å². The van der Waals surface area contributed by atoms with Crippen LogP contribution in [0.1, 0.15) is 5.56 Å². The van der Waals surface area contributed by atoms with Gasteiger partial charge in [0, 0.05) is 25.0 Å². The summed E-state index contributed by atoms with van der Waals surface area (Å²) in [5, 5.41) is 0. The van der Waals surface area contributed by atoms with Gasteiger partial charge < -0.3 is 15.4 Å². The van der Waals surface area contributed by atoms with Crippen LogP contribution in [-0.4, -0.2) is 14.2 Å². The summed E-state index contributed by atoms with van der Waals surface area (Å²) in [6, 6.07) is 16.2. The van der Waals surface area contributed by atoms with Crippen LogP contribution < -0.4 is 15.4 Å². The SMILES string of the molecule is COc1ccc(N(C)c2ccc(CN)cc2)cc1. The molecule has 0 unspecified atom stereocenters. The fourth-order valence-electron chi connectivity index (χ4n) is 1.81. The Morgan fingerprint density at radius 1 is 0.944 bits per heavy atom. The third-order valence-corrected chi connectivity index (χ3v) is 3.02. The highest BCUT2D eigenvalue weighted by molar-refractivity contribution is 5.63. The molecule has 0 atom stereocenters. The highest BCUT2D eigenvalue weighted by atomic mass is 16.5. The first-order valence-corrected chi connectivity index (χ1v) is 5.91. The van der Waals surface area contributed by atoms with Gasteiger partial charge in [-0.1, -0.05) is 12.1 Å². The molecule has 3 heteroatoms. The molecule has 2 aromatic carbocycles. The molecule has 0 saturated heterocycles. The third-order valence-electron chi connectivity index (χ3n) is 3.02. The molecule has 0 radical (unpaired) electrons. The van der Waals surface area contributed by atoms with Crippen LogP contribution in [0.25, 0.3) is 0 Å². The first-order valence-electron chi connectivity index (χ1n) is 5.91. The average molecular weight is 242 g/mol. The summed E-state index contributed by atoms with van der Waals surface area (Å²) in [6.07, 6.45) is 0. The first kappa shape index (κ1) is 12.5. The van der Waals surface area contributed by atoms with E-state index in [1.807, 2.05) is 31.3 Å². The van der Waals surface area contributed by atoms with E-state index in [-0.39, 0.29) is 0 Å². The van der Waals surface area contributed by atoms with Crippen molar-refractivity contribution in [3.05, 3.63) is 54.1 Å². The highest BCUT2D eigenvalue weighted by Gasteiger charge is 2.03. The summed E-state index contributed by atoms with van der Waals surface area (Å²) in [6.45, 7) is 0.576. The second-order valence-corrected chi connectivity index (χ2v) is 4.13. The summed E-state index contributed by atoms with van der Waals surface area (Å²) in [5.41, 5.74) is 8.99. The predicted octanol–water partition coefficient (Wildman–Crippen LogP) is 2.92. The molecule has 2 aromatic rings. The van der Waals surface area contributed by atoms with Crippen molar-refractivity contribution in [2.75, 3.05) is 19.1 Å². The van der Waals surface area contributed by atoms with Crippen molar-refractivity contribution in [2.45, 2.75) is 6.54 Å². The molecule has 0 aromatic heterocycles. The Morgan fingerprint density at radius 3 is 1.89 bits per heavy atom. The van der Waals surface area contributed by atoms with Gasteiger partial charge in [0.25, 0.3) is 0 Å². The molecule has 0 spiro atoms. The van der Waals surface area contributed by atoms with Crippen LogP contribution in [0, 0.1) is 0 Å². The number of rotatable bonds is 4. The van der Waals surface area contributed by atoms with E-state index in [0.717, 1.165) is 22.7 Å². The van der Waals surface area contributed by atoms with Crippen molar-refractivity contribution in [3.8, 4) is 5.75 Å². The van der Waals surface area contributed by atoms with E-state index in [0.29, 0.717) is 6.54 Å². The molecule has 0 heterocycles. The average Bonchev–Trinajstić information content (AvgIpc) is 2.47. The fraction of sp³-hybridized carbons (Fsp3) is 0.200. The lowest BCUT2D eigenvalue weighted by atomic mass is 10.2. The van der Waals surface area contributed by atoms with Gasteiger partial charge in [-0.05, 0) is 42.0 Å². The van der Waals surface area contributed by atoms with Gasteiger partial charge in [-0.15, -0.1) is 0 Å². The van der Waals surface area contributed by atoms with E-state index in [9.17, 15) is 0 Å². The Kier molecular flexibility index (Phi) is 3.85. The zero-order valence-corrected chi connectivity index (χ0v) is 10.8. The highest BCUT2D eigenvalue weighted by Crippen LogP contribution is 2.25. The Morgan fingerprint density at radius 2 is 1.44 bits per heavy atom. The lowest BCUT2D eigenvalue weighted by molar-refractivity contribution is 0.415. The van der Waals surface area contributed by atoms with Crippen molar-refractivity contribution < 1.29 is 4.74 Å². The molecule has 0 aliphatic rings. The molecular formula is C15H18N2O. The van der Waals surface area contributed by atoms with Crippen molar-refractivity contribution in [1.82, 2.24) is 0 Å². The van der Waals surface area contributed by atoms with Crippen LogP contribution in [-0.2, 0) is 6.54 Å². The van der Waals surface area contributed by atoms with Gasteiger partial charge in [-0.2, -0.15) is 0 Å². The van der Waals surface area contributed by atoms with Crippen LogP contribution in [0.15, 0.2) is 48.5 Å². The molecule has 0 bridgehead atoms. The van der Waals surface area contributed by atoms with Crippen LogP contribution in [0.3, 0.4) is 0 Å². The summed E-state index contributed by atoms with van der Waals surface area (Å²) in [4.78, 5) is 2.12. The monoisotopic (exact) mass is 242 g/mol. The molecular weight excluding hydrogens is 224 g/mol. The predicted molar refractivity (Wildman–Crippen MR) is 75.4 cm³/mol. The molecule has 94 valence electrons. The lowest BCUT2D eigenvalue weighted by Crippen LogP contribution is -2.09. The molecule has 18 heavy (non-hydrogen) atoms. The Balaban J connectivity index is 2.20. The maximum Gasteiger partial charge on any atom is 0.119 e. The minimum atomic E-state index is 0.576. The maximum atomic E-state index is 5.59. The number of ether oxygens (including phenoxy) is 1. The van der Waals surface area contributed by atoms with Gasteiger partial charge in [0.2, 0.25) is 0 Å². The van der Waals surface area contributed by atoms with E-state index >= 15 is 0 Å². The molecule has 0 fully saturated rings. The molecule has 2 rings (SSSR count). The normalized spacial score (nSPS) is 10.2. The maximum absolute atomic E-state index is 5.59. The molecule has 3 nitrogen and oxygen atoms in total. The topological polar surface area (TPSA) is 38.5 Å². The van der Waals surface area contributed by atoms with Crippen LogP contribution in [0.5, 0.6) is 5.75 Å². The zero-order chi connectivity index (χ0) is 13.0. The van der Waals surface area contributed by atoms with Crippen molar-refractivity contribution in [1.29, 1.82) is 0 Å². The first-order chi connectivity index (χ1) is 8.74. The van der Waals surface area contributed by atoms with Crippen LogP contribution in [0.4, 0.5) is 11.4 Å². The molecule has 0 saturated carbocycles. The fourth-order valence-corrected chi connectivity index (χ4v) is 1.81. The number of nitrogens with two attached hydrogens (primary N) is 1. The Labute approximate surface area is 108 Å². The van der Waals surface area contributed by atoms with E-state index in [2.05, 4.69) is 29.2 Å². The number of hydrogen-bond donors (Lipinski definition) is 1. The van der Waals surface area contributed by atoms with Crippen LogP contribution >= 0.6 is 0 Å². The zero-order valence-electron chi connectivity index (χ0n) is 10.8. The third kappa shape index (κ3) is 2.63. The van der Waals surface area contributed by atoms with E-state index in [1.54, 1.807) is 7.11 Å².